The zero-order valence-corrected chi connectivity index (χ0v) is 13.0. The van der Waals surface area contributed by atoms with Gasteiger partial charge in [0, 0.05) is 26.2 Å². The number of likely N-dealkylation sites (N-methyl/N-ethyl adjacent to an activating group) is 1. The van der Waals surface area contributed by atoms with Crippen LogP contribution in [0, 0.1) is 0 Å². The van der Waals surface area contributed by atoms with Crippen LogP contribution < -0.4 is 5.32 Å². The molecule has 0 aromatic carbocycles. The lowest BCUT2D eigenvalue weighted by atomic mass is 10.0. The molecular weight excluding hydrogens is 274 g/mol. The first-order valence-corrected chi connectivity index (χ1v) is 7.65. The van der Waals surface area contributed by atoms with Crippen LogP contribution in [0.4, 0.5) is 0 Å². The van der Waals surface area contributed by atoms with Crippen molar-refractivity contribution in [2.45, 2.75) is 19.4 Å². The molecule has 1 aromatic rings. The van der Waals surface area contributed by atoms with Crippen molar-refractivity contribution in [3.63, 3.8) is 0 Å². The summed E-state index contributed by atoms with van der Waals surface area (Å²) in [5, 5.41) is 4.93. The van der Waals surface area contributed by atoms with E-state index in [1.165, 1.54) is 11.3 Å². The topological polar surface area (TPSA) is 52.7 Å². The number of nitrogens with one attached hydrogen (secondary N) is 1. The summed E-state index contributed by atoms with van der Waals surface area (Å²) in [6.07, 6.45) is 0. The summed E-state index contributed by atoms with van der Waals surface area (Å²) in [5.74, 6) is 0.156. The largest absolute Gasteiger partial charge is 0.338 e. The van der Waals surface area contributed by atoms with E-state index >= 15 is 0 Å². The molecule has 20 heavy (non-hydrogen) atoms. The normalized spacial score (nSPS) is 16.4. The average molecular weight is 295 g/mol. The van der Waals surface area contributed by atoms with Gasteiger partial charge in [-0.05, 0) is 32.3 Å². The van der Waals surface area contributed by atoms with E-state index in [2.05, 4.69) is 5.32 Å². The van der Waals surface area contributed by atoms with Crippen LogP contribution in [0.2, 0.25) is 0 Å². The molecule has 1 aliphatic rings. The highest BCUT2D eigenvalue weighted by Crippen LogP contribution is 2.15. The van der Waals surface area contributed by atoms with Gasteiger partial charge < -0.3 is 15.1 Å². The summed E-state index contributed by atoms with van der Waals surface area (Å²) in [4.78, 5) is 28.9. The number of carbonyl (C=O) groups excluding carboxylic acids is 2. The second-order valence-electron chi connectivity index (χ2n) is 5.44. The minimum atomic E-state index is -0.556. The van der Waals surface area contributed by atoms with Crippen molar-refractivity contribution >= 4 is 23.2 Å². The molecule has 2 amide bonds. The molecule has 2 rings (SSSR count). The monoisotopic (exact) mass is 295 g/mol. The summed E-state index contributed by atoms with van der Waals surface area (Å²) in [6.45, 7) is 6.14. The highest BCUT2D eigenvalue weighted by molar-refractivity contribution is 7.12. The fourth-order valence-electron chi connectivity index (χ4n) is 2.17. The van der Waals surface area contributed by atoms with Gasteiger partial charge in [-0.1, -0.05) is 6.07 Å². The van der Waals surface area contributed by atoms with Gasteiger partial charge in [-0.2, -0.15) is 0 Å². The molecule has 0 radical (unpaired) electrons. The van der Waals surface area contributed by atoms with Gasteiger partial charge >= 0.3 is 0 Å². The minimum Gasteiger partial charge on any atom is -0.338 e. The van der Waals surface area contributed by atoms with Gasteiger partial charge in [0.1, 0.15) is 0 Å². The third-order valence-electron chi connectivity index (χ3n) is 3.75. The van der Waals surface area contributed by atoms with Gasteiger partial charge in [-0.15, -0.1) is 11.3 Å². The smallest absolute Gasteiger partial charge is 0.264 e. The molecule has 0 aliphatic carbocycles. The van der Waals surface area contributed by atoms with Crippen molar-refractivity contribution in [2.24, 2.45) is 0 Å². The molecule has 0 unspecified atom stereocenters. The first-order chi connectivity index (χ1) is 9.45. The van der Waals surface area contributed by atoms with Crippen LogP contribution in [0.3, 0.4) is 0 Å². The number of carbonyl (C=O) groups is 2. The van der Waals surface area contributed by atoms with Crippen LogP contribution in [0.15, 0.2) is 17.5 Å². The van der Waals surface area contributed by atoms with Crippen molar-refractivity contribution in [3.05, 3.63) is 22.4 Å². The summed E-state index contributed by atoms with van der Waals surface area (Å²) in [5.41, 5.74) is -0.556. The van der Waals surface area contributed by atoms with Gasteiger partial charge in [0.2, 0.25) is 5.91 Å². The van der Waals surface area contributed by atoms with Crippen molar-refractivity contribution in [2.75, 3.05) is 33.2 Å². The number of hydrogen-bond donors (Lipinski definition) is 1. The molecule has 0 atom stereocenters. The lowest BCUT2D eigenvalue weighted by Crippen LogP contribution is -2.58. The van der Waals surface area contributed by atoms with Crippen LogP contribution in [0.25, 0.3) is 0 Å². The third-order valence-corrected chi connectivity index (χ3v) is 4.60. The van der Waals surface area contributed by atoms with E-state index in [1.807, 2.05) is 41.2 Å². The van der Waals surface area contributed by atoms with E-state index in [9.17, 15) is 9.59 Å². The van der Waals surface area contributed by atoms with Crippen molar-refractivity contribution in [1.82, 2.24) is 15.1 Å². The number of amides is 2. The standard InChI is InChI=1S/C14H21N3O2S/c1-14(2,15-3)13(19)17-8-6-16(7-9-17)12(18)11-5-4-10-20-11/h4-5,10,15H,6-9H2,1-3H3. The van der Waals surface area contributed by atoms with Crippen LogP contribution in [-0.4, -0.2) is 60.4 Å². The van der Waals surface area contributed by atoms with E-state index in [0.717, 1.165) is 4.88 Å². The number of thiophene rings is 1. The molecule has 0 spiro atoms. The van der Waals surface area contributed by atoms with E-state index in [1.54, 1.807) is 7.05 Å². The maximum Gasteiger partial charge on any atom is 0.264 e. The fourth-order valence-corrected chi connectivity index (χ4v) is 2.86. The van der Waals surface area contributed by atoms with Crippen molar-refractivity contribution in [3.8, 4) is 0 Å². The van der Waals surface area contributed by atoms with Gasteiger partial charge in [0.25, 0.3) is 5.91 Å². The molecule has 1 fully saturated rings. The minimum absolute atomic E-state index is 0.0694. The number of rotatable bonds is 3. The Kier molecular flexibility index (Phi) is 4.45. The Morgan fingerprint density at radius 1 is 1.20 bits per heavy atom. The number of hydrogen-bond acceptors (Lipinski definition) is 4. The molecular formula is C14H21N3O2S. The fraction of sp³-hybridized carbons (Fsp3) is 0.571. The Balaban J connectivity index is 1.93. The molecule has 110 valence electrons. The molecule has 1 aliphatic heterocycles. The van der Waals surface area contributed by atoms with Crippen LogP contribution in [0.1, 0.15) is 23.5 Å². The Labute approximate surface area is 123 Å². The third kappa shape index (κ3) is 3.02. The summed E-state index contributed by atoms with van der Waals surface area (Å²) >= 11 is 1.46. The molecule has 1 aromatic heterocycles. The summed E-state index contributed by atoms with van der Waals surface area (Å²) in [7, 11) is 1.79. The molecule has 0 bridgehead atoms. The lowest BCUT2D eigenvalue weighted by Gasteiger charge is -2.38. The van der Waals surface area contributed by atoms with E-state index in [4.69, 9.17) is 0 Å². The molecule has 1 saturated heterocycles. The maximum atomic E-state index is 12.3. The predicted octanol–water partition coefficient (Wildman–Crippen LogP) is 1.03. The second kappa shape index (κ2) is 5.93. The molecule has 0 saturated carbocycles. The predicted molar refractivity (Wildman–Crippen MR) is 79.9 cm³/mol. The first-order valence-electron chi connectivity index (χ1n) is 6.77. The quantitative estimate of drug-likeness (QED) is 0.906. The Morgan fingerprint density at radius 2 is 1.80 bits per heavy atom. The van der Waals surface area contributed by atoms with Gasteiger partial charge in [-0.25, -0.2) is 0 Å². The molecule has 1 N–H and O–H groups in total. The van der Waals surface area contributed by atoms with Crippen molar-refractivity contribution in [1.29, 1.82) is 0 Å². The Morgan fingerprint density at radius 3 is 2.30 bits per heavy atom. The maximum absolute atomic E-state index is 12.3. The van der Waals surface area contributed by atoms with Gasteiger partial charge in [-0.3, -0.25) is 9.59 Å². The van der Waals surface area contributed by atoms with Crippen LogP contribution >= 0.6 is 11.3 Å². The summed E-state index contributed by atoms with van der Waals surface area (Å²) < 4.78 is 0. The van der Waals surface area contributed by atoms with Crippen molar-refractivity contribution < 1.29 is 9.59 Å². The molecule has 2 heterocycles. The Hall–Kier alpha value is -1.40. The van der Waals surface area contributed by atoms with E-state index < -0.39 is 5.54 Å². The van der Waals surface area contributed by atoms with E-state index in [0.29, 0.717) is 26.2 Å². The lowest BCUT2D eigenvalue weighted by molar-refractivity contribution is -0.138. The van der Waals surface area contributed by atoms with Crippen LogP contribution in [0.5, 0.6) is 0 Å². The highest BCUT2D eigenvalue weighted by Gasteiger charge is 2.33. The summed E-state index contributed by atoms with van der Waals surface area (Å²) in [6, 6.07) is 3.72. The molecule has 5 nitrogen and oxygen atoms in total. The second-order valence-corrected chi connectivity index (χ2v) is 6.38. The van der Waals surface area contributed by atoms with Crippen LogP contribution in [-0.2, 0) is 4.79 Å². The Bertz CT molecular complexity index is 477. The highest BCUT2D eigenvalue weighted by atomic mass is 32.1. The van der Waals surface area contributed by atoms with E-state index in [-0.39, 0.29) is 11.8 Å². The molecule has 6 heteroatoms. The van der Waals surface area contributed by atoms with Gasteiger partial charge in [0.05, 0.1) is 10.4 Å². The number of piperazine rings is 1. The first kappa shape index (κ1) is 15.0. The number of nitrogens with zero attached hydrogens (tertiary/aromatic N) is 2. The zero-order valence-electron chi connectivity index (χ0n) is 12.2. The zero-order chi connectivity index (χ0) is 14.8. The van der Waals surface area contributed by atoms with Gasteiger partial charge in [0.15, 0.2) is 0 Å². The average Bonchev–Trinajstić information content (AvgIpc) is 3.00. The SMILES string of the molecule is CNC(C)(C)C(=O)N1CCN(C(=O)c2cccs2)CC1.